The van der Waals surface area contributed by atoms with E-state index in [-0.39, 0.29) is 23.5 Å². The SMILES string of the molecule is Nc1c(C(=O)NCCC2CCCO2)sc2cccc(F)c12. The third kappa shape index (κ3) is 2.87. The Morgan fingerprint density at radius 1 is 1.52 bits per heavy atom. The molecule has 0 radical (unpaired) electrons. The average molecular weight is 308 g/mol. The van der Waals surface area contributed by atoms with Crippen LogP contribution in [0.5, 0.6) is 0 Å². The van der Waals surface area contributed by atoms with Gasteiger partial charge in [-0.25, -0.2) is 4.39 Å². The lowest BCUT2D eigenvalue weighted by atomic mass is 10.2. The zero-order valence-corrected chi connectivity index (χ0v) is 12.3. The van der Waals surface area contributed by atoms with E-state index in [1.54, 1.807) is 12.1 Å². The molecule has 3 N–H and O–H groups in total. The molecule has 1 aliphatic rings. The molecular formula is C15H17FN2O2S. The Labute approximate surface area is 126 Å². The van der Waals surface area contributed by atoms with Gasteiger partial charge in [0, 0.05) is 17.9 Å². The number of nitrogens with two attached hydrogens (primary N) is 1. The molecule has 1 aromatic heterocycles. The second-order valence-corrected chi connectivity index (χ2v) is 6.19. The summed E-state index contributed by atoms with van der Waals surface area (Å²) in [6.45, 7) is 1.35. The molecule has 1 amide bonds. The van der Waals surface area contributed by atoms with Crippen LogP contribution >= 0.6 is 11.3 Å². The van der Waals surface area contributed by atoms with E-state index in [4.69, 9.17) is 10.5 Å². The molecule has 3 rings (SSSR count). The summed E-state index contributed by atoms with van der Waals surface area (Å²) in [4.78, 5) is 12.6. The van der Waals surface area contributed by atoms with Crippen molar-refractivity contribution in [1.29, 1.82) is 0 Å². The van der Waals surface area contributed by atoms with E-state index in [1.165, 1.54) is 17.4 Å². The normalized spacial score (nSPS) is 18.2. The molecule has 1 atom stereocenters. The minimum absolute atomic E-state index is 0.225. The molecule has 1 unspecified atom stereocenters. The van der Waals surface area contributed by atoms with E-state index in [0.717, 1.165) is 25.9 Å². The van der Waals surface area contributed by atoms with Gasteiger partial charge in [0.25, 0.3) is 5.91 Å². The Morgan fingerprint density at radius 2 is 2.38 bits per heavy atom. The molecule has 0 spiro atoms. The lowest BCUT2D eigenvalue weighted by molar-refractivity contribution is 0.0911. The lowest BCUT2D eigenvalue weighted by Crippen LogP contribution is -2.26. The van der Waals surface area contributed by atoms with Crippen LogP contribution < -0.4 is 11.1 Å². The molecule has 1 aromatic carbocycles. The molecule has 4 nitrogen and oxygen atoms in total. The molecule has 2 aromatic rings. The van der Waals surface area contributed by atoms with Crippen LogP contribution in [0, 0.1) is 5.82 Å². The maximum absolute atomic E-state index is 13.8. The molecule has 1 aliphatic heterocycles. The Hall–Kier alpha value is -1.66. The smallest absolute Gasteiger partial charge is 0.263 e. The first-order valence-corrected chi connectivity index (χ1v) is 7.84. The van der Waals surface area contributed by atoms with E-state index in [2.05, 4.69) is 5.32 Å². The minimum atomic E-state index is -0.389. The Kier molecular flexibility index (Phi) is 4.07. The number of anilines is 1. The quantitative estimate of drug-likeness (QED) is 0.913. The molecule has 0 bridgehead atoms. The second kappa shape index (κ2) is 5.99. The Morgan fingerprint density at radius 3 is 3.10 bits per heavy atom. The van der Waals surface area contributed by atoms with Gasteiger partial charge in [-0.15, -0.1) is 11.3 Å². The number of carbonyl (C=O) groups excluding carboxylic acids is 1. The van der Waals surface area contributed by atoms with Gasteiger partial charge in [-0.1, -0.05) is 6.07 Å². The summed E-state index contributed by atoms with van der Waals surface area (Å²) in [7, 11) is 0. The fourth-order valence-electron chi connectivity index (χ4n) is 2.60. The van der Waals surface area contributed by atoms with E-state index in [9.17, 15) is 9.18 Å². The number of rotatable bonds is 4. The second-order valence-electron chi connectivity index (χ2n) is 5.14. The van der Waals surface area contributed by atoms with Gasteiger partial charge in [0.2, 0.25) is 0 Å². The average Bonchev–Trinajstić information content (AvgIpc) is 3.08. The first kappa shape index (κ1) is 14.3. The number of amides is 1. The van der Waals surface area contributed by atoms with Crippen molar-refractivity contribution in [3.05, 3.63) is 28.9 Å². The van der Waals surface area contributed by atoms with Gasteiger partial charge in [0.1, 0.15) is 10.7 Å². The van der Waals surface area contributed by atoms with Crippen LogP contribution in [0.1, 0.15) is 28.9 Å². The summed E-state index contributed by atoms with van der Waals surface area (Å²) in [5.74, 6) is -0.634. The van der Waals surface area contributed by atoms with Crippen LogP contribution in [-0.2, 0) is 4.74 Å². The number of fused-ring (bicyclic) bond motifs is 1. The first-order chi connectivity index (χ1) is 10.2. The van der Waals surface area contributed by atoms with E-state index < -0.39 is 0 Å². The molecule has 1 saturated heterocycles. The van der Waals surface area contributed by atoms with Crippen molar-refractivity contribution in [2.24, 2.45) is 0 Å². The summed E-state index contributed by atoms with van der Waals surface area (Å²) < 4.78 is 20.0. The number of benzene rings is 1. The highest BCUT2D eigenvalue weighted by Gasteiger charge is 2.19. The molecule has 21 heavy (non-hydrogen) atoms. The number of nitrogens with one attached hydrogen (secondary N) is 1. The monoisotopic (exact) mass is 308 g/mol. The summed E-state index contributed by atoms with van der Waals surface area (Å²) >= 11 is 1.22. The Bertz CT molecular complexity index is 665. The number of halogens is 1. The number of ether oxygens (including phenoxy) is 1. The minimum Gasteiger partial charge on any atom is -0.397 e. The lowest BCUT2D eigenvalue weighted by Gasteiger charge is -2.09. The molecule has 1 fully saturated rings. The summed E-state index contributed by atoms with van der Waals surface area (Å²) in [5.41, 5.74) is 6.14. The summed E-state index contributed by atoms with van der Waals surface area (Å²) in [6, 6.07) is 4.74. The van der Waals surface area contributed by atoms with Crippen molar-refractivity contribution < 1.29 is 13.9 Å². The third-order valence-electron chi connectivity index (χ3n) is 3.68. The molecule has 2 heterocycles. The van der Waals surface area contributed by atoms with Crippen molar-refractivity contribution in [2.75, 3.05) is 18.9 Å². The maximum atomic E-state index is 13.8. The fourth-order valence-corrected chi connectivity index (χ4v) is 3.65. The predicted molar refractivity (Wildman–Crippen MR) is 82.1 cm³/mol. The topological polar surface area (TPSA) is 64.4 Å². The van der Waals surface area contributed by atoms with Crippen molar-refractivity contribution in [2.45, 2.75) is 25.4 Å². The van der Waals surface area contributed by atoms with Gasteiger partial charge in [-0.05, 0) is 31.4 Å². The van der Waals surface area contributed by atoms with Gasteiger partial charge < -0.3 is 15.8 Å². The molecular weight excluding hydrogens is 291 g/mol. The highest BCUT2D eigenvalue weighted by atomic mass is 32.1. The van der Waals surface area contributed by atoms with Crippen LogP contribution in [0.2, 0.25) is 0 Å². The van der Waals surface area contributed by atoms with Gasteiger partial charge in [0.05, 0.1) is 17.2 Å². The number of nitrogen functional groups attached to an aromatic ring is 1. The third-order valence-corrected chi connectivity index (χ3v) is 4.85. The van der Waals surface area contributed by atoms with Gasteiger partial charge in [-0.3, -0.25) is 4.79 Å². The van der Waals surface area contributed by atoms with Crippen LogP contribution in [0.3, 0.4) is 0 Å². The van der Waals surface area contributed by atoms with Crippen LogP contribution in [0.4, 0.5) is 10.1 Å². The zero-order valence-electron chi connectivity index (χ0n) is 11.5. The molecule has 0 aliphatic carbocycles. The Balaban J connectivity index is 1.69. The zero-order chi connectivity index (χ0) is 14.8. The summed E-state index contributed by atoms with van der Waals surface area (Å²) in [6.07, 6.45) is 3.17. The highest BCUT2D eigenvalue weighted by Crippen LogP contribution is 2.35. The molecule has 112 valence electrons. The fraction of sp³-hybridized carbons (Fsp3) is 0.400. The van der Waals surface area contributed by atoms with Crippen molar-refractivity contribution >= 4 is 33.0 Å². The molecule has 6 heteroatoms. The van der Waals surface area contributed by atoms with Crippen molar-refractivity contribution in [1.82, 2.24) is 5.32 Å². The highest BCUT2D eigenvalue weighted by molar-refractivity contribution is 7.21. The van der Waals surface area contributed by atoms with E-state index in [0.29, 0.717) is 21.5 Å². The van der Waals surface area contributed by atoms with Gasteiger partial charge in [0.15, 0.2) is 0 Å². The van der Waals surface area contributed by atoms with Gasteiger partial charge in [-0.2, -0.15) is 0 Å². The van der Waals surface area contributed by atoms with Crippen molar-refractivity contribution in [3.63, 3.8) is 0 Å². The van der Waals surface area contributed by atoms with Crippen LogP contribution in [0.15, 0.2) is 18.2 Å². The number of hydrogen-bond acceptors (Lipinski definition) is 4. The van der Waals surface area contributed by atoms with Crippen LogP contribution in [-0.4, -0.2) is 25.2 Å². The van der Waals surface area contributed by atoms with Crippen LogP contribution in [0.25, 0.3) is 10.1 Å². The number of carbonyl (C=O) groups is 1. The van der Waals surface area contributed by atoms with Crippen molar-refractivity contribution in [3.8, 4) is 0 Å². The largest absolute Gasteiger partial charge is 0.397 e. The molecule has 0 saturated carbocycles. The standard InChI is InChI=1S/C15H17FN2O2S/c16-10-4-1-5-11-12(10)13(17)14(21-11)15(19)18-7-6-9-3-2-8-20-9/h1,4-5,9H,2-3,6-8,17H2,(H,18,19). The van der Waals surface area contributed by atoms with Gasteiger partial charge >= 0.3 is 0 Å². The predicted octanol–water partition coefficient (Wildman–Crippen LogP) is 2.92. The summed E-state index contributed by atoms with van der Waals surface area (Å²) in [5, 5.41) is 3.18. The van der Waals surface area contributed by atoms with E-state index in [1.807, 2.05) is 0 Å². The number of hydrogen-bond donors (Lipinski definition) is 2. The van der Waals surface area contributed by atoms with E-state index >= 15 is 0 Å². The number of thiophene rings is 1. The maximum Gasteiger partial charge on any atom is 0.263 e. The first-order valence-electron chi connectivity index (χ1n) is 7.03.